The lowest BCUT2D eigenvalue weighted by Crippen LogP contribution is -2.35. The van der Waals surface area contributed by atoms with Crippen LogP contribution in [0.4, 0.5) is 5.69 Å². The minimum absolute atomic E-state index is 0.326. The van der Waals surface area contributed by atoms with Crippen molar-refractivity contribution < 1.29 is 9.53 Å². The molecule has 3 rings (SSSR count). The van der Waals surface area contributed by atoms with Crippen LogP contribution in [-0.4, -0.2) is 24.0 Å². The number of benzene rings is 2. The first-order valence-electron chi connectivity index (χ1n) is 8.67. The summed E-state index contributed by atoms with van der Waals surface area (Å²) in [6.07, 6.45) is 2.00. The van der Waals surface area contributed by atoms with E-state index in [1.54, 1.807) is 11.8 Å². The second kappa shape index (κ2) is 8.76. The van der Waals surface area contributed by atoms with Gasteiger partial charge in [-0.1, -0.05) is 58.0 Å². The molecule has 1 atom stereocenters. The van der Waals surface area contributed by atoms with Crippen molar-refractivity contribution in [3.05, 3.63) is 75.9 Å². The summed E-state index contributed by atoms with van der Waals surface area (Å²) in [5.74, 6) is -0.326. The third kappa shape index (κ3) is 4.12. The third-order valence-corrected chi connectivity index (χ3v) is 5.49. The fourth-order valence-corrected chi connectivity index (χ4v) is 3.97. The fraction of sp³-hybridized carbons (Fsp3) is 0.238. The van der Waals surface area contributed by atoms with Gasteiger partial charge in [-0.05, 0) is 49.9 Å². The van der Waals surface area contributed by atoms with Crippen molar-refractivity contribution in [3.8, 4) is 0 Å². The van der Waals surface area contributed by atoms with Gasteiger partial charge in [-0.3, -0.25) is 4.90 Å². The number of thioether (sulfide) groups is 1. The molecule has 0 amide bonds. The van der Waals surface area contributed by atoms with E-state index in [1.807, 2.05) is 79.6 Å². The van der Waals surface area contributed by atoms with E-state index in [0.29, 0.717) is 12.2 Å². The molecule has 0 aromatic heterocycles. The summed E-state index contributed by atoms with van der Waals surface area (Å²) in [6.45, 7) is 4.10. The smallest absolute Gasteiger partial charge is 0.338 e. The molecule has 6 heteroatoms. The molecule has 0 fully saturated rings. The van der Waals surface area contributed by atoms with E-state index < -0.39 is 0 Å². The summed E-state index contributed by atoms with van der Waals surface area (Å²) >= 11 is 5.03. The summed E-state index contributed by atoms with van der Waals surface area (Å²) in [4.78, 5) is 19.8. The molecule has 140 valence electrons. The molecule has 1 aliphatic heterocycles. The summed E-state index contributed by atoms with van der Waals surface area (Å²) in [7, 11) is 0. The number of halogens is 1. The van der Waals surface area contributed by atoms with Gasteiger partial charge in [0.05, 0.1) is 12.2 Å². The molecular formula is C21H21BrN2O2S. The monoisotopic (exact) mass is 444 g/mol. The Bertz CT molecular complexity index is 879. The topological polar surface area (TPSA) is 41.9 Å². The number of allylic oxidation sites excluding steroid dienone is 1. The number of esters is 1. The molecule has 0 saturated heterocycles. The van der Waals surface area contributed by atoms with Crippen molar-refractivity contribution in [3.63, 3.8) is 0 Å². The lowest BCUT2D eigenvalue weighted by atomic mass is 9.96. The van der Waals surface area contributed by atoms with Gasteiger partial charge >= 0.3 is 5.97 Å². The Hall–Kier alpha value is -2.05. The lowest BCUT2D eigenvalue weighted by Gasteiger charge is -2.34. The molecule has 0 unspecified atom stereocenters. The number of rotatable bonds is 4. The molecule has 27 heavy (non-hydrogen) atoms. The molecule has 2 aromatic rings. The van der Waals surface area contributed by atoms with Gasteiger partial charge in [0.25, 0.3) is 0 Å². The number of hydrogen-bond donors (Lipinski definition) is 0. The highest BCUT2D eigenvalue weighted by atomic mass is 79.9. The van der Waals surface area contributed by atoms with Gasteiger partial charge in [0.1, 0.15) is 6.04 Å². The van der Waals surface area contributed by atoms with Gasteiger partial charge in [-0.15, -0.1) is 0 Å². The van der Waals surface area contributed by atoms with E-state index in [-0.39, 0.29) is 12.0 Å². The number of para-hydroxylation sites is 1. The Labute approximate surface area is 172 Å². The number of carbonyl (C=O) groups excluding carboxylic acids is 1. The molecule has 0 saturated carbocycles. The van der Waals surface area contributed by atoms with Crippen molar-refractivity contribution in [1.29, 1.82) is 0 Å². The zero-order valence-corrected chi connectivity index (χ0v) is 17.9. The maximum atomic E-state index is 12.8. The maximum absolute atomic E-state index is 12.8. The predicted octanol–water partition coefficient (Wildman–Crippen LogP) is 5.57. The van der Waals surface area contributed by atoms with Gasteiger partial charge in [0, 0.05) is 15.9 Å². The average molecular weight is 445 g/mol. The highest BCUT2D eigenvalue weighted by Gasteiger charge is 2.34. The van der Waals surface area contributed by atoms with E-state index in [9.17, 15) is 4.79 Å². The normalized spacial score (nSPS) is 17.0. The van der Waals surface area contributed by atoms with Crippen molar-refractivity contribution in [2.45, 2.75) is 19.9 Å². The zero-order chi connectivity index (χ0) is 19.4. The van der Waals surface area contributed by atoms with Crippen molar-refractivity contribution in [1.82, 2.24) is 0 Å². The van der Waals surface area contributed by atoms with Gasteiger partial charge in [-0.25, -0.2) is 9.79 Å². The van der Waals surface area contributed by atoms with Crippen molar-refractivity contribution in [2.24, 2.45) is 4.99 Å². The molecule has 0 radical (unpaired) electrons. The SMILES string of the molecule is CCOC(=O)C1=C(C)N(c2ccccc2)C(SC)=N[C@H]1c1ccc(Br)cc1. The van der Waals surface area contributed by atoms with Crippen LogP contribution in [0.15, 0.2) is 75.3 Å². The second-order valence-corrected chi connectivity index (χ2v) is 7.65. The minimum atomic E-state index is -0.389. The van der Waals surface area contributed by atoms with Crippen molar-refractivity contribution >= 4 is 44.5 Å². The first kappa shape index (κ1) is 19.7. The molecule has 0 aliphatic carbocycles. The third-order valence-electron chi connectivity index (χ3n) is 4.31. The Morgan fingerprint density at radius 3 is 2.44 bits per heavy atom. The van der Waals surface area contributed by atoms with Crippen LogP contribution >= 0.6 is 27.7 Å². The Kier molecular flexibility index (Phi) is 6.39. The predicted molar refractivity (Wildman–Crippen MR) is 116 cm³/mol. The lowest BCUT2D eigenvalue weighted by molar-refractivity contribution is -0.138. The number of aliphatic imine (C=N–C) groups is 1. The molecular weight excluding hydrogens is 424 g/mol. The van der Waals surface area contributed by atoms with Crippen LogP contribution in [-0.2, 0) is 9.53 Å². The molecule has 1 aliphatic rings. The molecule has 4 nitrogen and oxygen atoms in total. The number of carbonyl (C=O) groups is 1. The zero-order valence-electron chi connectivity index (χ0n) is 15.5. The number of anilines is 1. The van der Waals surface area contributed by atoms with Crippen LogP contribution in [0.2, 0.25) is 0 Å². The Balaban J connectivity index is 2.15. The summed E-state index contributed by atoms with van der Waals surface area (Å²) in [5.41, 5.74) is 3.34. The molecule has 0 N–H and O–H groups in total. The van der Waals surface area contributed by atoms with Crippen LogP contribution in [0.1, 0.15) is 25.5 Å². The van der Waals surface area contributed by atoms with E-state index in [2.05, 4.69) is 15.9 Å². The first-order valence-corrected chi connectivity index (χ1v) is 10.7. The van der Waals surface area contributed by atoms with Crippen molar-refractivity contribution in [2.75, 3.05) is 17.8 Å². The maximum Gasteiger partial charge on any atom is 0.338 e. The Morgan fingerprint density at radius 2 is 1.85 bits per heavy atom. The molecule has 0 spiro atoms. The second-order valence-electron chi connectivity index (χ2n) is 5.96. The Morgan fingerprint density at radius 1 is 1.19 bits per heavy atom. The van der Waals surface area contributed by atoms with E-state index in [1.165, 1.54) is 0 Å². The van der Waals surface area contributed by atoms with Crippen LogP contribution in [0, 0.1) is 0 Å². The summed E-state index contributed by atoms with van der Waals surface area (Å²) in [5, 5.41) is 0.847. The molecule has 1 heterocycles. The summed E-state index contributed by atoms with van der Waals surface area (Å²) in [6, 6.07) is 17.5. The summed E-state index contributed by atoms with van der Waals surface area (Å²) < 4.78 is 6.36. The number of amidine groups is 1. The quantitative estimate of drug-likeness (QED) is 0.578. The first-order chi connectivity index (χ1) is 13.1. The minimum Gasteiger partial charge on any atom is -0.463 e. The number of hydrogen-bond acceptors (Lipinski definition) is 5. The van der Waals surface area contributed by atoms with E-state index in [0.717, 1.165) is 26.6 Å². The number of nitrogens with zero attached hydrogens (tertiary/aromatic N) is 2. The van der Waals surface area contributed by atoms with E-state index >= 15 is 0 Å². The van der Waals surface area contributed by atoms with Crippen LogP contribution in [0.25, 0.3) is 0 Å². The highest BCUT2D eigenvalue weighted by Crippen LogP contribution is 2.38. The number of ether oxygens (including phenoxy) is 1. The standard InChI is InChI=1S/C21H21BrN2O2S/c1-4-26-20(25)18-14(2)24(17-8-6-5-7-9-17)21(27-3)23-19(18)15-10-12-16(22)13-11-15/h5-13,19H,4H2,1-3H3/t19-/m0/s1. The molecule has 0 bridgehead atoms. The van der Waals surface area contributed by atoms with Crippen LogP contribution in [0.3, 0.4) is 0 Å². The van der Waals surface area contributed by atoms with Gasteiger partial charge in [0.2, 0.25) is 0 Å². The van der Waals surface area contributed by atoms with Gasteiger partial charge in [-0.2, -0.15) is 0 Å². The largest absolute Gasteiger partial charge is 0.463 e. The highest BCUT2D eigenvalue weighted by molar-refractivity contribution is 9.10. The average Bonchev–Trinajstić information content (AvgIpc) is 2.68. The molecule has 2 aromatic carbocycles. The fourth-order valence-electron chi connectivity index (χ4n) is 3.07. The van der Waals surface area contributed by atoms with E-state index in [4.69, 9.17) is 9.73 Å². The van der Waals surface area contributed by atoms with Crippen LogP contribution < -0.4 is 4.90 Å². The van der Waals surface area contributed by atoms with Crippen LogP contribution in [0.5, 0.6) is 0 Å². The van der Waals surface area contributed by atoms with Gasteiger partial charge in [0.15, 0.2) is 5.17 Å². The van der Waals surface area contributed by atoms with Gasteiger partial charge < -0.3 is 4.74 Å².